The summed E-state index contributed by atoms with van der Waals surface area (Å²) in [7, 11) is 4.26. The van der Waals surface area contributed by atoms with Gasteiger partial charge in [-0.25, -0.2) is 19.4 Å². The molecule has 0 saturated heterocycles. The van der Waals surface area contributed by atoms with Gasteiger partial charge in [0, 0.05) is 10.6 Å². The SMILES string of the molecule is COC(=O)C1=C(C(=O)OC)[C@]2(OC1=NC(C)(C)C)c1cc(Cl)cc(Cl)c1OC1=C(C(=O)OC)[C@@H](C(=O)OC)C(=NC(C)(C)C)[C@]12C#N. The third-order valence-corrected chi connectivity index (χ3v) is 7.90. The fraction of sp³-hybridized carbons (Fsp3) is 0.469. The first-order chi connectivity index (χ1) is 21.8. The van der Waals surface area contributed by atoms with Crippen LogP contribution in [0.4, 0.5) is 0 Å². The van der Waals surface area contributed by atoms with Gasteiger partial charge in [-0.3, -0.25) is 9.79 Å². The third-order valence-electron chi connectivity index (χ3n) is 7.40. The maximum absolute atomic E-state index is 14.1. The molecule has 0 unspecified atom stereocenters. The van der Waals surface area contributed by atoms with Gasteiger partial charge in [-0.1, -0.05) is 23.2 Å². The number of hydrogen-bond acceptors (Lipinski definition) is 13. The van der Waals surface area contributed by atoms with Gasteiger partial charge in [-0.05, 0) is 53.7 Å². The van der Waals surface area contributed by atoms with Gasteiger partial charge in [-0.15, -0.1) is 0 Å². The van der Waals surface area contributed by atoms with Crippen LogP contribution in [0.2, 0.25) is 10.0 Å². The number of rotatable bonds is 4. The van der Waals surface area contributed by atoms with Crippen LogP contribution in [-0.4, -0.2) is 75.0 Å². The van der Waals surface area contributed by atoms with Gasteiger partial charge < -0.3 is 28.4 Å². The molecule has 15 heteroatoms. The number of halogens is 2. The molecule has 0 N–H and O–H groups in total. The molecule has 2 heterocycles. The molecule has 1 aliphatic carbocycles. The summed E-state index contributed by atoms with van der Waals surface area (Å²) in [6, 6.07) is 4.79. The monoisotopic (exact) mass is 689 g/mol. The molecule has 0 saturated carbocycles. The van der Waals surface area contributed by atoms with E-state index in [9.17, 15) is 24.4 Å². The van der Waals surface area contributed by atoms with Gasteiger partial charge in [-0.2, -0.15) is 5.26 Å². The number of benzene rings is 1. The second kappa shape index (κ2) is 12.0. The Morgan fingerprint density at radius 1 is 0.872 bits per heavy atom. The van der Waals surface area contributed by atoms with E-state index in [1.54, 1.807) is 41.5 Å². The van der Waals surface area contributed by atoms with E-state index >= 15 is 0 Å². The Labute approximate surface area is 281 Å². The van der Waals surface area contributed by atoms with Crippen LogP contribution in [0.1, 0.15) is 47.1 Å². The average molecular weight is 691 g/mol. The number of nitrogens with zero attached hydrogens (tertiary/aromatic N) is 3. The molecule has 4 rings (SSSR count). The Kier molecular flexibility index (Phi) is 9.04. The van der Waals surface area contributed by atoms with Crippen LogP contribution >= 0.6 is 23.2 Å². The number of carbonyl (C=O) groups excluding carboxylic acids is 4. The number of fused-ring (bicyclic) bond motifs is 4. The Morgan fingerprint density at radius 3 is 1.94 bits per heavy atom. The molecule has 0 aromatic heterocycles. The summed E-state index contributed by atoms with van der Waals surface area (Å²) in [4.78, 5) is 64.4. The second-order valence-corrected chi connectivity index (χ2v) is 13.5. The fourth-order valence-corrected chi connectivity index (χ4v) is 6.41. The first-order valence-electron chi connectivity index (χ1n) is 14.1. The number of esters is 4. The molecule has 3 aliphatic rings. The predicted molar refractivity (Wildman–Crippen MR) is 168 cm³/mol. The lowest BCUT2D eigenvalue weighted by Gasteiger charge is -2.47. The summed E-state index contributed by atoms with van der Waals surface area (Å²) in [5.74, 6) is -7.21. The lowest BCUT2D eigenvalue weighted by atomic mass is 9.60. The van der Waals surface area contributed by atoms with Crippen molar-refractivity contribution >= 4 is 58.7 Å². The molecule has 0 amide bonds. The van der Waals surface area contributed by atoms with Crippen LogP contribution in [0.3, 0.4) is 0 Å². The van der Waals surface area contributed by atoms with Crippen molar-refractivity contribution < 1.29 is 47.6 Å². The molecule has 1 aromatic rings. The lowest BCUT2D eigenvalue weighted by molar-refractivity contribution is -0.145. The summed E-state index contributed by atoms with van der Waals surface area (Å²) < 4.78 is 33.5. The van der Waals surface area contributed by atoms with Crippen LogP contribution < -0.4 is 4.74 Å². The molecular formula is C32H33Cl2N3O10. The highest BCUT2D eigenvalue weighted by atomic mass is 35.5. The molecular weight excluding hydrogens is 657 g/mol. The van der Waals surface area contributed by atoms with Crippen molar-refractivity contribution in [2.75, 3.05) is 28.4 Å². The molecule has 1 aromatic carbocycles. The van der Waals surface area contributed by atoms with Crippen LogP contribution in [0, 0.1) is 22.7 Å². The maximum Gasteiger partial charge on any atom is 0.344 e. The standard InChI is InChI=1S/C32H33Cl2N3O10/c1-29(2,3)36-22-17(25(38)42-7)18(26(39)43-8)23-31(22,13-35)32(15-11-14(33)12-16(34)21(15)46-23)20(28(41)45-10)19(27(40)44-9)24(47-32)37-30(4,5)6/h11-12,17H,1-10H3/t17-,31-,32-/m1/s1. The molecule has 3 atom stereocenters. The summed E-state index contributed by atoms with van der Waals surface area (Å²) in [6.45, 7) is 10.1. The molecule has 1 spiro atoms. The Bertz CT molecular complexity index is 1770. The zero-order valence-corrected chi connectivity index (χ0v) is 28.9. The van der Waals surface area contributed by atoms with Crippen LogP contribution in [0.25, 0.3) is 0 Å². The highest BCUT2D eigenvalue weighted by Crippen LogP contribution is 2.67. The van der Waals surface area contributed by atoms with Crippen molar-refractivity contribution in [1.29, 1.82) is 5.26 Å². The van der Waals surface area contributed by atoms with E-state index in [1.807, 2.05) is 0 Å². The third kappa shape index (κ3) is 5.33. The van der Waals surface area contributed by atoms with Crippen LogP contribution in [0.15, 0.2) is 44.6 Å². The minimum absolute atomic E-state index is 0.0101. The van der Waals surface area contributed by atoms with Crippen molar-refractivity contribution in [3.8, 4) is 11.8 Å². The number of nitriles is 1. The van der Waals surface area contributed by atoms with Crippen molar-refractivity contribution in [3.05, 3.63) is 50.2 Å². The molecule has 47 heavy (non-hydrogen) atoms. The van der Waals surface area contributed by atoms with Gasteiger partial charge in [0.2, 0.25) is 16.9 Å². The fourth-order valence-electron chi connectivity index (χ4n) is 5.87. The molecule has 0 radical (unpaired) electrons. The molecule has 250 valence electrons. The van der Waals surface area contributed by atoms with Gasteiger partial charge in [0.05, 0.1) is 61.9 Å². The number of carbonyl (C=O) groups is 4. The second-order valence-electron chi connectivity index (χ2n) is 12.7. The minimum atomic E-state index is -2.55. The smallest absolute Gasteiger partial charge is 0.344 e. The minimum Gasteiger partial charge on any atom is -0.468 e. The van der Waals surface area contributed by atoms with E-state index in [4.69, 9.17) is 56.6 Å². The normalized spacial score (nSPS) is 25.1. The van der Waals surface area contributed by atoms with E-state index in [2.05, 4.69) is 11.1 Å². The van der Waals surface area contributed by atoms with Gasteiger partial charge in [0.25, 0.3) is 0 Å². The van der Waals surface area contributed by atoms with E-state index < -0.39 is 80.3 Å². The van der Waals surface area contributed by atoms with E-state index in [-0.39, 0.29) is 27.1 Å². The zero-order chi connectivity index (χ0) is 35.4. The maximum atomic E-state index is 14.1. The van der Waals surface area contributed by atoms with Crippen molar-refractivity contribution in [1.82, 2.24) is 0 Å². The van der Waals surface area contributed by atoms with E-state index in [0.29, 0.717) is 0 Å². The van der Waals surface area contributed by atoms with Gasteiger partial charge in [0.1, 0.15) is 22.8 Å². The molecule has 0 fully saturated rings. The summed E-state index contributed by atoms with van der Waals surface area (Å²) in [5.41, 5.74) is -9.09. The summed E-state index contributed by atoms with van der Waals surface area (Å²) >= 11 is 13.2. The average Bonchev–Trinajstić information content (AvgIpc) is 3.45. The van der Waals surface area contributed by atoms with Crippen molar-refractivity contribution in [2.45, 2.75) is 58.2 Å². The molecule has 0 bridgehead atoms. The predicted octanol–water partition coefficient (Wildman–Crippen LogP) is 4.43. The van der Waals surface area contributed by atoms with E-state index in [0.717, 1.165) is 28.4 Å². The van der Waals surface area contributed by atoms with Gasteiger partial charge in [0.15, 0.2) is 5.75 Å². The number of aliphatic imine (C=N–C) groups is 2. The largest absolute Gasteiger partial charge is 0.468 e. The first-order valence-corrected chi connectivity index (χ1v) is 14.9. The first kappa shape index (κ1) is 35.4. The Hall–Kier alpha value is -4.41. The quantitative estimate of drug-likeness (QED) is 0.323. The van der Waals surface area contributed by atoms with Crippen LogP contribution in [-0.2, 0) is 48.5 Å². The Morgan fingerprint density at radius 2 is 1.45 bits per heavy atom. The highest BCUT2D eigenvalue weighted by Gasteiger charge is 2.78. The Balaban J connectivity index is 2.47. The lowest BCUT2D eigenvalue weighted by Crippen LogP contribution is -2.57. The zero-order valence-electron chi connectivity index (χ0n) is 27.4. The highest BCUT2D eigenvalue weighted by molar-refractivity contribution is 6.36. The van der Waals surface area contributed by atoms with Gasteiger partial charge >= 0.3 is 23.9 Å². The number of ether oxygens (including phenoxy) is 6. The van der Waals surface area contributed by atoms with Crippen molar-refractivity contribution in [3.63, 3.8) is 0 Å². The summed E-state index contributed by atoms with van der Waals surface area (Å²) in [5, 5.41) is 11.4. The molecule has 2 aliphatic heterocycles. The summed E-state index contributed by atoms with van der Waals surface area (Å²) in [6.07, 6.45) is 0. The number of methoxy groups -OCH3 is 4. The van der Waals surface area contributed by atoms with E-state index in [1.165, 1.54) is 12.1 Å². The van der Waals surface area contributed by atoms with Crippen LogP contribution in [0.5, 0.6) is 5.75 Å². The number of hydrogen-bond donors (Lipinski definition) is 0. The topological polar surface area (TPSA) is 172 Å². The molecule has 13 nitrogen and oxygen atoms in total. The van der Waals surface area contributed by atoms with Crippen molar-refractivity contribution in [2.24, 2.45) is 21.3 Å².